The molecule has 0 atom stereocenters. The second kappa shape index (κ2) is 3.49. The van der Waals surface area contributed by atoms with Crippen LogP contribution in [-0.2, 0) is 13.6 Å². The Morgan fingerprint density at radius 2 is 1.75 bits per heavy atom. The van der Waals surface area contributed by atoms with Crippen molar-refractivity contribution < 1.29 is 13.6 Å². The van der Waals surface area contributed by atoms with Gasteiger partial charge in [0, 0.05) is 0 Å². The van der Waals surface area contributed by atoms with Gasteiger partial charge in [0.1, 0.15) is 0 Å². The average molecular weight is 192 g/mol. The topological polar surface area (TPSA) is 35.5 Å². The van der Waals surface area contributed by atoms with Crippen LogP contribution in [0.3, 0.4) is 0 Å². The van der Waals surface area contributed by atoms with E-state index in [1.54, 1.807) is 0 Å². The first kappa shape index (κ1) is 10.2. The van der Waals surface area contributed by atoms with Gasteiger partial charge in [-0.15, -0.1) is 0 Å². The van der Waals surface area contributed by atoms with Crippen molar-refractivity contribution in [3.8, 4) is 0 Å². The molecule has 0 amide bonds. The Labute approximate surface area is 74.0 Å². The first-order chi connectivity index (χ1) is 5.41. The molecular weight excluding hydrogens is 175 g/mol. The molecule has 0 saturated carbocycles. The number of hydrogen-bond donors (Lipinski definition) is 0. The Balaban J connectivity index is 2.36. The van der Waals surface area contributed by atoms with E-state index in [0.717, 1.165) is 6.42 Å². The van der Waals surface area contributed by atoms with E-state index in [1.165, 1.54) is 0 Å². The number of hydrogen-bond acceptors (Lipinski definition) is 3. The third-order valence-corrected chi connectivity index (χ3v) is 3.72. The molecule has 0 aromatic carbocycles. The maximum absolute atomic E-state index is 11.6. The summed E-state index contributed by atoms with van der Waals surface area (Å²) in [7, 11) is -2.67. The van der Waals surface area contributed by atoms with E-state index < -0.39 is 7.60 Å². The van der Waals surface area contributed by atoms with Crippen molar-refractivity contribution in [2.75, 3.05) is 19.4 Å². The molecule has 1 rings (SSSR count). The van der Waals surface area contributed by atoms with Crippen molar-refractivity contribution >= 4 is 7.60 Å². The minimum absolute atomic E-state index is 0.201. The molecule has 0 radical (unpaired) electrons. The van der Waals surface area contributed by atoms with Gasteiger partial charge in [-0.05, 0) is 11.8 Å². The van der Waals surface area contributed by atoms with Crippen LogP contribution in [0.4, 0.5) is 0 Å². The van der Waals surface area contributed by atoms with Gasteiger partial charge in [-0.3, -0.25) is 4.57 Å². The van der Waals surface area contributed by atoms with Gasteiger partial charge >= 0.3 is 7.60 Å². The summed E-state index contributed by atoms with van der Waals surface area (Å²) in [6.45, 7) is 7.34. The van der Waals surface area contributed by atoms with Crippen LogP contribution in [0.2, 0.25) is 0 Å². The minimum atomic E-state index is -2.67. The Morgan fingerprint density at radius 1 is 1.25 bits per heavy atom. The fraction of sp³-hybridized carbons (Fsp3) is 1.00. The Morgan fingerprint density at radius 3 is 2.17 bits per heavy atom. The smallest absolute Gasteiger partial charge is 0.306 e. The molecule has 1 fully saturated rings. The lowest BCUT2D eigenvalue weighted by molar-refractivity contribution is 0.331. The van der Waals surface area contributed by atoms with Gasteiger partial charge in [0.05, 0.1) is 19.4 Å². The monoisotopic (exact) mass is 192 g/mol. The average Bonchev–Trinajstić information content (AvgIpc) is 2.32. The molecule has 0 bridgehead atoms. The third-order valence-electron chi connectivity index (χ3n) is 1.79. The molecule has 1 aliphatic rings. The molecule has 72 valence electrons. The normalized spacial score (nSPS) is 22.9. The molecule has 0 unspecified atom stereocenters. The van der Waals surface area contributed by atoms with E-state index in [9.17, 15) is 4.57 Å². The molecule has 0 aromatic rings. The molecule has 0 spiro atoms. The van der Waals surface area contributed by atoms with Crippen LogP contribution in [0.5, 0.6) is 0 Å². The van der Waals surface area contributed by atoms with Crippen LogP contribution >= 0.6 is 7.60 Å². The predicted molar refractivity (Wildman–Crippen MR) is 48.4 cm³/mol. The van der Waals surface area contributed by atoms with Crippen LogP contribution in [-0.4, -0.2) is 19.4 Å². The minimum Gasteiger partial charge on any atom is -0.306 e. The second-order valence-corrected chi connectivity index (χ2v) is 6.50. The van der Waals surface area contributed by atoms with Crippen molar-refractivity contribution in [3.63, 3.8) is 0 Å². The molecule has 0 aromatic heterocycles. The Bertz CT molecular complexity index is 185. The molecule has 3 nitrogen and oxygen atoms in total. The van der Waals surface area contributed by atoms with Crippen molar-refractivity contribution in [1.29, 1.82) is 0 Å². The highest BCUT2D eigenvalue weighted by molar-refractivity contribution is 7.54. The van der Waals surface area contributed by atoms with E-state index in [4.69, 9.17) is 9.05 Å². The summed E-state index contributed by atoms with van der Waals surface area (Å²) in [4.78, 5) is 0. The highest BCUT2D eigenvalue weighted by Crippen LogP contribution is 2.53. The van der Waals surface area contributed by atoms with Crippen molar-refractivity contribution in [1.82, 2.24) is 0 Å². The van der Waals surface area contributed by atoms with E-state index in [1.807, 2.05) is 0 Å². The molecule has 4 heteroatoms. The van der Waals surface area contributed by atoms with Crippen LogP contribution < -0.4 is 0 Å². The molecule has 0 N–H and O–H groups in total. The fourth-order valence-corrected chi connectivity index (χ4v) is 2.97. The lowest BCUT2D eigenvalue weighted by Crippen LogP contribution is -2.07. The predicted octanol–water partition coefficient (Wildman–Crippen LogP) is 2.66. The van der Waals surface area contributed by atoms with E-state index in [2.05, 4.69) is 20.8 Å². The van der Waals surface area contributed by atoms with Gasteiger partial charge in [-0.25, -0.2) is 0 Å². The third kappa shape index (κ3) is 3.26. The van der Waals surface area contributed by atoms with E-state index in [-0.39, 0.29) is 5.41 Å². The second-order valence-electron chi connectivity index (χ2n) is 4.31. The van der Waals surface area contributed by atoms with Crippen LogP contribution in [0, 0.1) is 5.41 Å². The number of rotatable bonds is 2. The fourth-order valence-electron chi connectivity index (χ4n) is 0.991. The Kier molecular flexibility index (Phi) is 2.97. The van der Waals surface area contributed by atoms with Gasteiger partial charge in [0.15, 0.2) is 0 Å². The maximum atomic E-state index is 11.6. The summed E-state index contributed by atoms with van der Waals surface area (Å²) in [6, 6.07) is 0. The van der Waals surface area contributed by atoms with Gasteiger partial charge in [-0.2, -0.15) is 0 Å². The zero-order chi connectivity index (χ0) is 9.24. The zero-order valence-electron chi connectivity index (χ0n) is 8.00. The van der Waals surface area contributed by atoms with Crippen molar-refractivity contribution in [2.45, 2.75) is 27.2 Å². The van der Waals surface area contributed by atoms with Crippen LogP contribution in [0.25, 0.3) is 0 Å². The summed E-state index contributed by atoms with van der Waals surface area (Å²) in [5.41, 5.74) is 0.201. The lowest BCUT2D eigenvalue weighted by Gasteiger charge is -2.19. The largest absolute Gasteiger partial charge is 0.330 e. The summed E-state index contributed by atoms with van der Waals surface area (Å²) >= 11 is 0. The van der Waals surface area contributed by atoms with Crippen LogP contribution in [0.15, 0.2) is 0 Å². The zero-order valence-corrected chi connectivity index (χ0v) is 8.89. The summed E-state index contributed by atoms with van der Waals surface area (Å²) < 4.78 is 21.8. The molecule has 1 saturated heterocycles. The first-order valence-corrected chi connectivity index (χ1v) is 6.02. The molecule has 12 heavy (non-hydrogen) atoms. The van der Waals surface area contributed by atoms with E-state index >= 15 is 0 Å². The first-order valence-electron chi connectivity index (χ1n) is 4.29. The Hall–Kier alpha value is 0.150. The highest BCUT2D eigenvalue weighted by atomic mass is 31.2. The quantitative estimate of drug-likeness (QED) is 0.631. The summed E-state index contributed by atoms with van der Waals surface area (Å²) in [6.07, 6.45) is 1.43. The summed E-state index contributed by atoms with van der Waals surface area (Å²) in [5, 5.41) is 0. The SMILES string of the molecule is CC(C)(C)CCP1(=O)OCCO1. The van der Waals surface area contributed by atoms with Gasteiger partial charge in [0.2, 0.25) is 0 Å². The molecule has 1 heterocycles. The van der Waals surface area contributed by atoms with E-state index in [0.29, 0.717) is 19.4 Å². The van der Waals surface area contributed by atoms with Crippen molar-refractivity contribution in [3.05, 3.63) is 0 Å². The van der Waals surface area contributed by atoms with Gasteiger partial charge < -0.3 is 9.05 Å². The van der Waals surface area contributed by atoms with Crippen molar-refractivity contribution in [2.24, 2.45) is 5.41 Å². The molecule has 1 aliphatic heterocycles. The standard InChI is InChI=1S/C8H17O3P/c1-8(2,3)4-7-12(9)10-5-6-11-12/h4-7H2,1-3H3. The van der Waals surface area contributed by atoms with Gasteiger partial charge in [0.25, 0.3) is 0 Å². The molecular formula is C8H17O3P. The van der Waals surface area contributed by atoms with Crippen LogP contribution in [0.1, 0.15) is 27.2 Å². The highest BCUT2D eigenvalue weighted by Gasteiger charge is 2.31. The summed E-state index contributed by atoms with van der Waals surface area (Å²) in [5.74, 6) is 0. The van der Waals surface area contributed by atoms with Gasteiger partial charge in [-0.1, -0.05) is 20.8 Å². The molecule has 0 aliphatic carbocycles. The lowest BCUT2D eigenvalue weighted by atomic mass is 9.94. The maximum Gasteiger partial charge on any atom is 0.330 e.